The first-order valence-electron chi connectivity index (χ1n) is 6.83. The molecule has 0 aromatic carbocycles. The van der Waals surface area contributed by atoms with Gasteiger partial charge in [-0.05, 0) is 37.0 Å². The van der Waals surface area contributed by atoms with Gasteiger partial charge in [0.2, 0.25) is 0 Å². The lowest BCUT2D eigenvalue weighted by molar-refractivity contribution is 0.220. The summed E-state index contributed by atoms with van der Waals surface area (Å²) in [6, 6.07) is 0.398. The Morgan fingerprint density at radius 2 is 2.21 bits per heavy atom. The zero-order chi connectivity index (χ0) is 13.0. The van der Waals surface area contributed by atoms with E-state index in [1.165, 1.54) is 19.2 Å². The Balaban J connectivity index is 1.76. The lowest BCUT2D eigenvalue weighted by atomic mass is 9.95. The number of rotatable bonds is 3. The molecule has 2 aromatic heterocycles. The van der Waals surface area contributed by atoms with Crippen LogP contribution in [0.1, 0.15) is 25.3 Å². The van der Waals surface area contributed by atoms with Crippen LogP contribution in [0.15, 0.2) is 12.7 Å². The minimum atomic E-state index is 0.258. The summed E-state index contributed by atoms with van der Waals surface area (Å²) in [6.45, 7) is 0.258. The number of aliphatic hydroxyl groups excluding tert-OH is 1. The van der Waals surface area contributed by atoms with Gasteiger partial charge in [-0.15, -0.1) is 0 Å². The van der Waals surface area contributed by atoms with E-state index in [0.717, 1.165) is 23.9 Å². The summed E-state index contributed by atoms with van der Waals surface area (Å²) >= 11 is 0. The molecule has 2 aliphatic carbocycles. The van der Waals surface area contributed by atoms with Crippen LogP contribution in [0, 0.1) is 17.8 Å². The number of nitrogens with two attached hydrogens (primary N) is 1. The molecule has 6 heteroatoms. The quantitative estimate of drug-likeness (QED) is 0.857. The van der Waals surface area contributed by atoms with Gasteiger partial charge in [0.25, 0.3) is 0 Å². The summed E-state index contributed by atoms with van der Waals surface area (Å²) in [5.74, 6) is 2.60. The van der Waals surface area contributed by atoms with Crippen molar-refractivity contribution in [2.45, 2.75) is 25.3 Å². The molecule has 4 atom stereocenters. The van der Waals surface area contributed by atoms with Crippen molar-refractivity contribution < 1.29 is 5.11 Å². The molecule has 0 aliphatic heterocycles. The molecule has 0 radical (unpaired) electrons. The van der Waals surface area contributed by atoms with Crippen LogP contribution >= 0.6 is 0 Å². The Morgan fingerprint density at radius 1 is 1.32 bits per heavy atom. The molecule has 19 heavy (non-hydrogen) atoms. The van der Waals surface area contributed by atoms with Crippen LogP contribution in [0.4, 0.5) is 5.82 Å². The molecule has 0 amide bonds. The fraction of sp³-hybridized carbons (Fsp3) is 0.615. The van der Waals surface area contributed by atoms with Crippen LogP contribution in [0.5, 0.6) is 0 Å². The van der Waals surface area contributed by atoms with Crippen LogP contribution in [-0.2, 0) is 0 Å². The fourth-order valence-corrected chi connectivity index (χ4v) is 3.82. The maximum Gasteiger partial charge on any atom is 0.165 e. The molecule has 3 N–H and O–H groups in total. The third-order valence-corrected chi connectivity index (χ3v) is 4.77. The summed E-state index contributed by atoms with van der Waals surface area (Å²) in [5, 5.41) is 9.27. The van der Waals surface area contributed by atoms with Crippen LogP contribution < -0.4 is 5.73 Å². The van der Waals surface area contributed by atoms with Crippen molar-refractivity contribution in [3.8, 4) is 0 Å². The van der Waals surface area contributed by atoms with E-state index in [0.29, 0.717) is 23.3 Å². The SMILES string of the molecule is Nc1ncnc2c1ncn2[C@H]1C[C@H]2C[C@@H]2[C@@H]1CCO. The minimum absolute atomic E-state index is 0.258. The second kappa shape index (κ2) is 3.90. The molecule has 0 bridgehead atoms. The molecule has 2 fully saturated rings. The van der Waals surface area contributed by atoms with Crippen LogP contribution in [0.25, 0.3) is 11.2 Å². The molecule has 0 unspecified atom stereocenters. The molecule has 100 valence electrons. The number of nitrogens with zero attached hydrogens (tertiary/aromatic N) is 4. The first-order valence-corrected chi connectivity index (χ1v) is 6.83. The van der Waals surface area contributed by atoms with Crippen LogP contribution in [0.3, 0.4) is 0 Å². The Labute approximate surface area is 110 Å². The Morgan fingerprint density at radius 3 is 3.05 bits per heavy atom. The van der Waals surface area contributed by atoms with E-state index in [1.54, 1.807) is 0 Å². The van der Waals surface area contributed by atoms with E-state index in [4.69, 9.17) is 5.73 Å². The number of imidazole rings is 1. The number of aromatic nitrogens is 4. The van der Waals surface area contributed by atoms with Crippen molar-refractivity contribution in [1.82, 2.24) is 19.5 Å². The molecular formula is C13H17N5O. The summed E-state index contributed by atoms with van der Waals surface area (Å²) in [4.78, 5) is 12.7. The van der Waals surface area contributed by atoms with Gasteiger partial charge in [-0.1, -0.05) is 0 Å². The Hall–Kier alpha value is -1.69. The van der Waals surface area contributed by atoms with Gasteiger partial charge in [0.15, 0.2) is 11.5 Å². The lowest BCUT2D eigenvalue weighted by Crippen LogP contribution is -2.18. The van der Waals surface area contributed by atoms with Crippen molar-refractivity contribution in [3.63, 3.8) is 0 Å². The maximum atomic E-state index is 9.27. The highest BCUT2D eigenvalue weighted by atomic mass is 16.3. The van der Waals surface area contributed by atoms with Crippen LogP contribution in [-0.4, -0.2) is 31.2 Å². The van der Waals surface area contributed by atoms with Gasteiger partial charge in [0.05, 0.1) is 6.33 Å². The number of anilines is 1. The lowest BCUT2D eigenvalue weighted by Gasteiger charge is -2.23. The number of hydrogen-bond donors (Lipinski definition) is 2. The Kier molecular flexibility index (Phi) is 2.29. The average molecular weight is 259 g/mol. The first-order chi connectivity index (χ1) is 9.29. The summed E-state index contributed by atoms with van der Waals surface area (Å²) < 4.78 is 2.14. The minimum Gasteiger partial charge on any atom is -0.396 e. The van der Waals surface area contributed by atoms with Gasteiger partial charge < -0.3 is 15.4 Å². The zero-order valence-electron chi connectivity index (χ0n) is 10.6. The molecule has 0 spiro atoms. The average Bonchev–Trinajstić information content (AvgIpc) is 2.89. The summed E-state index contributed by atoms with van der Waals surface area (Å²) in [5.41, 5.74) is 7.34. The molecular weight excluding hydrogens is 242 g/mol. The Bertz CT molecular complexity index is 625. The zero-order valence-corrected chi connectivity index (χ0v) is 10.6. The number of nitrogen functional groups attached to an aromatic ring is 1. The van der Waals surface area contributed by atoms with Gasteiger partial charge >= 0.3 is 0 Å². The third kappa shape index (κ3) is 1.56. The number of fused-ring (bicyclic) bond motifs is 2. The maximum absolute atomic E-state index is 9.27. The highest BCUT2D eigenvalue weighted by molar-refractivity contribution is 5.81. The molecule has 6 nitrogen and oxygen atoms in total. The topological polar surface area (TPSA) is 89.9 Å². The van der Waals surface area contributed by atoms with E-state index in [1.807, 2.05) is 6.33 Å². The van der Waals surface area contributed by atoms with E-state index >= 15 is 0 Å². The molecule has 2 heterocycles. The van der Waals surface area contributed by atoms with E-state index < -0.39 is 0 Å². The summed E-state index contributed by atoms with van der Waals surface area (Å²) in [7, 11) is 0. The largest absolute Gasteiger partial charge is 0.396 e. The molecule has 2 aliphatic rings. The van der Waals surface area contributed by atoms with Gasteiger partial charge in [-0.3, -0.25) is 0 Å². The monoisotopic (exact) mass is 259 g/mol. The van der Waals surface area contributed by atoms with E-state index in [2.05, 4.69) is 19.5 Å². The van der Waals surface area contributed by atoms with Gasteiger partial charge in [-0.25, -0.2) is 15.0 Å². The highest BCUT2D eigenvalue weighted by Gasteiger charge is 2.53. The van der Waals surface area contributed by atoms with Crippen molar-refractivity contribution in [1.29, 1.82) is 0 Å². The first kappa shape index (κ1) is 11.2. The molecule has 2 aromatic rings. The second-order valence-electron chi connectivity index (χ2n) is 5.72. The van der Waals surface area contributed by atoms with Crippen molar-refractivity contribution in [2.75, 3.05) is 12.3 Å². The van der Waals surface area contributed by atoms with E-state index in [9.17, 15) is 5.11 Å². The predicted molar refractivity (Wildman–Crippen MR) is 70.2 cm³/mol. The molecule has 2 saturated carbocycles. The number of aliphatic hydroxyl groups is 1. The van der Waals surface area contributed by atoms with Gasteiger partial charge in [0, 0.05) is 12.6 Å². The predicted octanol–water partition coefficient (Wildman–Crippen LogP) is 0.988. The second-order valence-corrected chi connectivity index (χ2v) is 5.72. The molecule has 4 rings (SSSR count). The molecule has 0 saturated heterocycles. The van der Waals surface area contributed by atoms with Crippen molar-refractivity contribution in [3.05, 3.63) is 12.7 Å². The fourth-order valence-electron chi connectivity index (χ4n) is 3.82. The van der Waals surface area contributed by atoms with Crippen LogP contribution in [0.2, 0.25) is 0 Å². The third-order valence-electron chi connectivity index (χ3n) is 4.77. The number of hydrogen-bond acceptors (Lipinski definition) is 5. The standard InChI is InChI=1S/C13H17N5O/c14-12-11-13(16-5-15-12)18(6-17-11)10-4-7-3-9(7)8(10)1-2-19/h5-10,19H,1-4H2,(H2,14,15,16)/t7-,8+,9+,10+/m1/s1. The smallest absolute Gasteiger partial charge is 0.165 e. The van der Waals surface area contributed by atoms with Crippen molar-refractivity contribution in [2.24, 2.45) is 17.8 Å². The normalized spacial score (nSPS) is 32.7. The highest BCUT2D eigenvalue weighted by Crippen LogP contribution is 2.60. The van der Waals surface area contributed by atoms with Gasteiger partial charge in [-0.2, -0.15) is 0 Å². The summed E-state index contributed by atoms with van der Waals surface area (Å²) in [6.07, 6.45) is 6.68. The van der Waals surface area contributed by atoms with Crippen molar-refractivity contribution >= 4 is 17.0 Å². The van der Waals surface area contributed by atoms with E-state index in [-0.39, 0.29) is 6.61 Å². The van der Waals surface area contributed by atoms with Gasteiger partial charge in [0.1, 0.15) is 11.8 Å².